The van der Waals surface area contributed by atoms with Crippen molar-refractivity contribution in [2.45, 2.75) is 11.4 Å². The minimum absolute atomic E-state index is 0.0603. The average Bonchev–Trinajstić information content (AvgIpc) is 3.25. The largest absolute Gasteiger partial charge is 0.497 e. The normalized spacial score (nSPS) is 13.2. The van der Waals surface area contributed by atoms with Crippen molar-refractivity contribution in [3.8, 4) is 17.2 Å². The van der Waals surface area contributed by atoms with E-state index in [1.54, 1.807) is 37.4 Å². The lowest BCUT2D eigenvalue weighted by atomic mass is 10.3. The lowest BCUT2D eigenvalue weighted by Gasteiger charge is -2.25. The minimum Gasteiger partial charge on any atom is -0.497 e. The fourth-order valence-corrected chi connectivity index (χ4v) is 5.04. The summed E-state index contributed by atoms with van der Waals surface area (Å²) in [5, 5.41) is 0. The van der Waals surface area contributed by atoms with Crippen LogP contribution in [-0.2, 0) is 16.6 Å². The Bertz CT molecular complexity index is 1330. The molecule has 0 fully saturated rings. The van der Waals surface area contributed by atoms with Crippen molar-refractivity contribution >= 4 is 21.4 Å². The molecule has 2 aromatic carbocycles. The lowest BCUT2D eigenvalue weighted by molar-refractivity contribution is 0.171. The van der Waals surface area contributed by atoms with Crippen LogP contribution in [0.3, 0.4) is 0 Å². The smallest absolute Gasteiger partial charge is 0.264 e. The molecule has 0 radical (unpaired) electrons. The van der Waals surface area contributed by atoms with Gasteiger partial charge in [0.1, 0.15) is 24.6 Å². The predicted octanol–water partition coefficient (Wildman–Crippen LogP) is 3.51. The summed E-state index contributed by atoms with van der Waals surface area (Å²) in [6, 6.07) is 17.2. The number of imidazole rings is 1. The molecule has 9 heteroatoms. The SMILES string of the molecule is COc1ccc(N(Cc2cn3ccccc3n2)S(=O)(=O)c2ccc3c(c2)OCCO3)cc1. The van der Waals surface area contributed by atoms with Gasteiger partial charge in [0.25, 0.3) is 10.0 Å². The van der Waals surface area contributed by atoms with Crippen LogP contribution in [0.1, 0.15) is 5.69 Å². The lowest BCUT2D eigenvalue weighted by Crippen LogP contribution is -2.31. The van der Waals surface area contributed by atoms with E-state index in [2.05, 4.69) is 4.98 Å². The molecule has 5 rings (SSSR count). The first-order chi connectivity index (χ1) is 15.5. The third-order valence-corrected chi connectivity index (χ3v) is 6.95. The number of nitrogens with zero attached hydrogens (tertiary/aromatic N) is 3. The molecule has 4 aromatic rings. The Hall–Kier alpha value is -3.72. The molecule has 3 heterocycles. The van der Waals surface area contributed by atoms with Crippen LogP contribution in [0.2, 0.25) is 0 Å². The molecule has 0 unspecified atom stereocenters. The topological polar surface area (TPSA) is 82.4 Å². The first-order valence-corrected chi connectivity index (χ1v) is 11.5. The Balaban J connectivity index is 1.57. The van der Waals surface area contributed by atoms with Gasteiger partial charge in [0.05, 0.1) is 29.9 Å². The number of methoxy groups -OCH3 is 1. The molecule has 0 saturated heterocycles. The van der Waals surface area contributed by atoms with Crippen molar-refractivity contribution in [2.75, 3.05) is 24.6 Å². The summed E-state index contributed by atoms with van der Waals surface area (Å²) in [6.07, 6.45) is 3.70. The van der Waals surface area contributed by atoms with Crippen LogP contribution in [0.5, 0.6) is 17.2 Å². The van der Waals surface area contributed by atoms with Gasteiger partial charge >= 0.3 is 0 Å². The quantitative estimate of drug-likeness (QED) is 0.446. The Morgan fingerprint density at radius 1 is 1.03 bits per heavy atom. The summed E-state index contributed by atoms with van der Waals surface area (Å²) < 4.78 is 47.1. The Labute approximate surface area is 185 Å². The van der Waals surface area contributed by atoms with Gasteiger partial charge in [0.15, 0.2) is 11.5 Å². The fraction of sp³-hybridized carbons (Fsp3) is 0.174. The van der Waals surface area contributed by atoms with Crippen molar-refractivity contribution in [3.05, 3.63) is 78.8 Å². The molecule has 32 heavy (non-hydrogen) atoms. The third-order valence-electron chi connectivity index (χ3n) is 5.18. The van der Waals surface area contributed by atoms with E-state index in [4.69, 9.17) is 14.2 Å². The maximum Gasteiger partial charge on any atom is 0.264 e. The number of anilines is 1. The molecule has 0 saturated carbocycles. The van der Waals surface area contributed by atoms with Crippen LogP contribution >= 0.6 is 0 Å². The van der Waals surface area contributed by atoms with Gasteiger partial charge in [-0.1, -0.05) is 6.07 Å². The summed E-state index contributed by atoms with van der Waals surface area (Å²) in [5.41, 5.74) is 1.86. The molecule has 1 aliphatic heterocycles. The number of sulfonamides is 1. The number of pyridine rings is 1. The molecule has 0 bridgehead atoms. The first kappa shape index (κ1) is 20.2. The van der Waals surface area contributed by atoms with Gasteiger partial charge in [-0.25, -0.2) is 13.4 Å². The van der Waals surface area contributed by atoms with Crippen LogP contribution in [0.25, 0.3) is 5.65 Å². The number of aromatic nitrogens is 2. The van der Waals surface area contributed by atoms with Crippen LogP contribution < -0.4 is 18.5 Å². The van der Waals surface area contributed by atoms with E-state index in [1.165, 1.54) is 16.4 Å². The van der Waals surface area contributed by atoms with E-state index in [-0.39, 0.29) is 11.4 Å². The van der Waals surface area contributed by atoms with Crippen molar-refractivity contribution in [3.63, 3.8) is 0 Å². The van der Waals surface area contributed by atoms with Gasteiger partial charge in [-0.2, -0.15) is 0 Å². The Kier molecular flexibility index (Phi) is 5.10. The zero-order chi connectivity index (χ0) is 22.1. The number of hydrogen-bond acceptors (Lipinski definition) is 6. The van der Waals surface area contributed by atoms with E-state index in [0.29, 0.717) is 41.8 Å². The van der Waals surface area contributed by atoms with Crippen LogP contribution in [0.4, 0.5) is 5.69 Å². The second-order valence-electron chi connectivity index (χ2n) is 7.21. The van der Waals surface area contributed by atoms with Gasteiger partial charge in [-0.15, -0.1) is 0 Å². The van der Waals surface area contributed by atoms with Crippen molar-refractivity contribution in [1.82, 2.24) is 9.38 Å². The maximum atomic E-state index is 13.8. The molecule has 8 nitrogen and oxygen atoms in total. The zero-order valence-corrected chi connectivity index (χ0v) is 18.2. The number of fused-ring (bicyclic) bond motifs is 2. The third kappa shape index (κ3) is 3.71. The molecule has 164 valence electrons. The molecular formula is C23H21N3O5S. The second-order valence-corrected chi connectivity index (χ2v) is 9.08. The van der Waals surface area contributed by atoms with Gasteiger partial charge < -0.3 is 18.6 Å². The number of hydrogen-bond donors (Lipinski definition) is 0. The van der Waals surface area contributed by atoms with Gasteiger partial charge in [0.2, 0.25) is 0 Å². The van der Waals surface area contributed by atoms with E-state index < -0.39 is 10.0 Å². The molecule has 0 amide bonds. The van der Waals surface area contributed by atoms with Crippen LogP contribution in [-0.4, -0.2) is 38.1 Å². The highest BCUT2D eigenvalue weighted by Gasteiger charge is 2.28. The Morgan fingerprint density at radius 2 is 1.81 bits per heavy atom. The monoisotopic (exact) mass is 451 g/mol. The number of benzene rings is 2. The molecule has 0 atom stereocenters. The van der Waals surface area contributed by atoms with Crippen molar-refractivity contribution in [2.24, 2.45) is 0 Å². The van der Waals surface area contributed by atoms with Gasteiger partial charge in [-0.3, -0.25) is 4.31 Å². The minimum atomic E-state index is -3.94. The molecule has 2 aromatic heterocycles. The number of rotatable bonds is 6. The highest BCUT2D eigenvalue weighted by molar-refractivity contribution is 7.92. The van der Waals surface area contributed by atoms with Crippen LogP contribution in [0, 0.1) is 0 Å². The molecule has 0 spiro atoms. The molecule has 0 N–H and O–H groups in total. The average molecular weight is 452 g/mol. The summed E-state index contributed by atoms with van der Waals surface area (Å²) in [4.78, 5) is 4.69. The predicted molar refractivity (Wildman–Crippen MR) is 119 cm³/mol. The highest BCUT2D eigenvalue weighted by atomic mass is 32.2. The van der Waals surface area contributed by atoms with E-state index in [9.17, 15) is 8.42 Å². The van der Waals surface area contributed by atoms with Gasteiger partial charge in [0, 0.05) is 18.5 Å². The molecule has 0 aliphatic carbocycles. The zero-order valence-electron chi connectivity index (χ0n) is 17.3. The van der Waals surface area contributed by atoms with E-state index in [1.807, 2.05) is 35.0 Å². The fourth-order valence-electron chi connectivity index (χ4n) is 3.59. The van der Waals surface area contributed by atoms with Gasteiger partial charge in [-0.05, 0) is 48.5 Å². The summed E-state index contributed by atoms with van der Waals surface area (Å²) >= 11 is 0. The summed E-state index contributed by atoms with van der Waals surface area (Å²) in [5.74, 6) is 1.59. The number of ether oxygens (including phenoxy) is 3. The Morgan fingerprint density at radius 3 is 2.56 bits per heavy atom. The van der Waals surface area contributed by atoms with Crippen molar-refractivity contribution < 1.29 is 22.6 Å². The second kappa shape index (κ2) is 8.08. The molecule has 1 aliphatic rings. The van der Waals surface area contributed by atoms with Crippen LogP contribution in [0.15, 0.2) is 78.0 Å². The maximum absolute atomic E-state index is 13.8. The van der Waals surface area contributed by atoms with Crippen molar-refractivity contribution in [1.29, 1.82) is 0 Å². The standard InChI is InChI=1S/C23H21N3O5S/c1-29-19-7-5-18(6-8-19)26(16-17-15-25-11-3-2-4-23(25)24-17)32(27,28)20-9-10-21-22(14-20)31-13-12-30-21/h2-11,14-15H,12-13,16H2,1H3. The molecular weight excluding hydrogens is 430 g/mol. The van der Waals surface area contributed by atoms with E-state index >= 15 is 0 Å². The first-order valence-electron chi connectivity index (χ1n) is 10.0. The summed E-state index contributed by atoms with van der Waals surface area (Å²) in [7, 11) is -2.37. The van der Waals surface area contributed by atoms with E-state index in [0.717, 1.165) is 5.65 Å². The highest BCUT2D eigenvalue weighted by Crippen LogP contribution is 2.35. The summed E-state index contributed by atoms with van der Waals surface area (Å²) in [6.45, 7) is 0.871.